The molecular formula is C26H30O5. The fourth-order valence-corrected chi connectivity index (χ4v) is 6.34. The van der Waals surface area contributed by atoms with E-state index < -0.39 is 5.60 Å². The highest BCUT2D eigenvalue weighted by Crippen LogP contribution is 2.64. The van der Waals surface area contributed by atoms with E-state index in [0.717, 1.165) is 29.2 Å². The van der Waals surface area contributed by atoms with Crippen LogP contribution in [0.1, 0.15) is 58.4 Å². The first-order chi connectivity index (χ1) is 14.8. The van der Waals surface area contributed by atoms with Crippen LogP contribution in [0.3, 0.4) is 0 Å². The second-order valence-corrected chi connectivity index (χ2v) is 10.2. The summed E-state index contributed by atoms with van der Waals surface area (Å²) in [5.41, 5.74) is -0.307. The summed E-state index contributed by atoms with van der Waals surface area (Å²) in [5, 5.41) is 2.18. The van der Waals surface area contributed by atoms with E-state index in [1.165, 1.54) is 0 Å². The Morgan fingerprint density at radius 3 is 2.71 bits per heavy atom. The van der Waals surface area contributed by atoms with Gasteiger partial charge in [0, 0.05) is 11.8 Å². The Balaban J connectivity index is 1.33. The topological polar surface area (TPSA) is 61.8 Å². The van der Waals surface area contributed by atoms with Gasteiger partial charge in [0.25, 0.3) is 0 Å². The van der Waals surface area contributed by atoms with Crippen LogP contribution in [0.4, 0.5) is 0 Å². The fourth-order valence-electron chi connectivity index (χ4n) is 6.34. The second kappa shape index (κ2) is 7.14. The van der Waals surface area contributed by atoms with Crippen molar-refractivity contribution >= 4 is 22.5 Å². The van der Waals surface area contributed by atoms with Gasteiger partial charge in [-0.15, -0.1) is 0 Å². The average molecular weight is 423 g/mol. The molecule has 3 fully saturated rings. The molecule has 2 saturated carbocycles. The molecular weight excluding hydrogens is 392 g/mol. The molecule has 2 unspecified atom stereocenters. The molecule has 2 bridgehead atoms. The lowest BCUT2D eigenvalue weighted by molar-refractivity contribution is -0.456. The van der Waals surface area contributed by atoms with Gasteiger partial charge in [-0.25, -0.2) is 9.78 Å². The quantitative estimate of drug-likeness (QED) is 0.518. The molecule has 0 aromatic heterocycles. The first-order valence-corrected chi connectivity index (χ1v) is 11.3. The van der Waals surface area contributed by atoms with Gasteiger partial charge in [-0.2, -0.15) is 0 Å². The molecule has 2 aliphatic carbocycles. The molecule has 31 heavy (non-hydrogen) atoms. The van der Waals surface area contributed by atoms with Gasteiger partial charge < -0.3 is 4.74 Å². The van der Waals surface area contributed by atoms with E-state index in [1.54, 1.807) is 0 Å². The van der Waals surface area contributed by atoms with E-state index in [1.807, 2.05) is 49.4 Å². The summed E-state index contributed by atoms with van der Waals surface area (Å²) in [4.78, 5) is 37.2. The maximum absolute atomic E-state index is 12.8. The summed E-state index contributed by atoms with van der Waals surface area (Å²) in [7, 11) is 0. The Hall–Kier alpha value is -2.24. The Morgan fingerprint density at radius 2 is 1.87 bits per heavy atom. The van der Waals surface area contributed by atoms with Crippen LogP contribution < -0.4 is 0 Å². The van der Waals surface area contributed by atoms with Gasteiger partial charge in [-0.1, -0.05) is 56.3 Å². The molecule has 1 heterocycles. The van der Waals surface area contributed by atoms with Crippen LogP contribution in [-0.4, -0.2) is 29.6 Å². The zero-order valence-corrected chi connectivity index (χ0v) is 18.5. The van der Waals surface area contributed by atoms with Gasteiger partial charge in [-0.3, -0.25) is 9.59 Å². The molecule has 3 aliphatic rings. The van der Waals surface area contributed by atoms with Gasteiger partial charge in [0.05, 0.1) is 6.42 Å². The van der Waals surface area contributed by atoms with Crippen LogP contribution in [0.2, 0.25) is 0 Å². The number of hydrogen-bond donors (Lipinski definition) is 0. The van der Waals surface area contributed by atoms with Crippen LogP contribution in [0.15, 0.2) is 42.5 Å². The molecule has 164 valence electrons. The average Bonchev–Trinajstić information content (AvgIpc) is 2.75. The zero-order chi connectivity index (χ0) is 21.9. The van der Waals surface area contributed by atoms with Gasteiger partial charge in [0.15, 0.2) is 11.4 Å². The van der Waals surface area contributed by atoms with Crippen molar-refractivity contribution in [3.8, 4) is 0 Å². The molecule has 2 aromatic carbocycles. The molecule has 5 heteroatoms. The molecule has 1 saturated heterocycles. The number of ketones is 1. The largest absolute Gasteiger partial charge is 0.459 e. The summed E-state index contributed by atoms with van der Waals surface area (Å²) < 4.78 is 5.91. The van der Waals surface area contributed by atoms with Gasteiger partial charge in [0.1, 0.15) is 12.2 Å². The maximum atomic E-state index is 12.8. The van der Waals surface area contributed by atoms with Crippen LogP contribution in [0.5, 0.6) is 0 Å². The second-order valence-electron chi connectivity index (χ2n) is 10.2. The minimum absolute atomic E-state index is 0.0460. The minimum Gasteiger partial charge on any atom is -0.459 e. The lowest BCUT2D eigenvalue weighted by Crippen LogP contribution is -2.70. The monoisotopic (exact) mass is 422 g/mol. The van der Waals surface area contributed by atoms with Crippen LogP contribution >= 0.6 is 0 Å². The molecule has 0 amide bonds. The third-order valence-electron chi connectivity index (χ3n) is 8.37. The number of carbonyl (C=O) groups is 2. The van der Waals surface area contributed by atoms with Crippen molar-refractivity contribution in [2.75, 3.05) is 0 Å². The number of fused-ring (bicyclic) bond motifs is 2. The number of hydrogen-bond acceptors (Lipinski definition) is 5. The van der Waals surface area contributed by atoms with E-state index in [9.17, 15) is 9.59 Å². The number of rotatable bonds is 3. The number of benzene rings is 2. The van der Waals surface area contributed by atoms with Crippen molar-refractivity contribution in [1.82, 2.24) is 0 Å². The third kappa shape index (κ3) is 3.05. The lowest BCUT2D eigenvalue weighted by Gasteiger charge is -2.64. The Bertz CT molecular complexity index is 1040. The van der Waals surface area contributed by atoms with E-state index in [-0.39, 0.29) is 41.2 Å². The Kier molecular flexibility index (Phi) is 4.76. The fraction of sp³-hybridized carbons (Fsp3) is 0.538. The first-order valence-electron chi connectivity index (χ1n) is 11.3. The van der Waals surface area contributed by atoms with Crippen molar-refractivity contribution in [1.29, 1.82) is 0 Å². The highest BCUT2D eigenvalue weighted by Gasteiger charge is 2.69. The Morgan fingerprint density at radius 1 is 1.10 bits per heavy atom. The summed E-state index contributed by atoms with van der Waals surface area (Å²) >= 11 is 0. The van der Waals surface area contributed by atoms with Gasteiger partial charge in [0.2, 0.25) is 0 Å². The van der Waals surface area contributed by atoms with Crippen LogP contribution in [-0.2, 0) is 30.5 Å². The van der Waals surface area contributed by atoms with E-state index >= 15 is 0 Å². The van der Waals surface area contributed by atoms with Crippen molar-refractivity contribution in [3.05, 3.63) is 48.0 Å². The molecule has 4 atom stereocenters. The van der Waals surface area contributed by atoms with Gasteiger partial charge in [-0.05, 0) is 54.4 Å². The highest BCUT2D eigenvalue weighted by molar-refractivity contribution is 5.90. The van der Waals surface area contributed by atoms with Crippen LogP contribution in [0, 0.1) is 10.8 Å². The lowest BCUT2D eigenvalue weighted by atomic mass is 9.45. The third-order valence-corrected chi connectivity index (χ3v) is 8.37. The molecule has 1 aliphatic heterocycles. The summed E-state index contributed by atoms with van der Waals surface area (Å²) in [6.07, 6.45) is 3.03. The first kappa shape index (κ1) is 20.7. The number of esters is 1. The van der Waals surface area contributed by atoms with E-state index in [4.69, 9.17) is 14.5 Å². The summed E-state index contributed by atoms with van der Waals surface area (Å²) in [5.74, 6) is -0.134. The van der Waals surface area contributed by atoms with Gasteiger partial charge >= 0.3 is 5.97 Å². The normalized spacial score (nSPS) is 34.2. The molecule has 0 N–H and O–H groups in total. The Labute approximate surface area is 183 Å². The SMILES string of the molecule is CC1(C)CCC(=O)[C@@]2(C)OOC3C[C@@]12CCC3OC(=O)Cc1cccc2ccccc12. The van der Waals surface area contributed by atoms with E-state index in [2.05, 4.69) is 13.8 Å². The summed E-state index contributed by atoms with van der Waals surface area (Å²) in [6.45, 7) is 6.35. The number of ether oxygens (including phenoxy) is 1. The van der Waals surface area contributed by atoms with Crippen LogP contribution in [0.25, 0.3) is 10.8 Å². The molecule has 0 radical (unpaired) electrons. The standard InChI is InChI=1S/C26H30O5/c1-24(2)13-12-22(27)25(3)26(24)14-11-20(21(16-26)30-31-25)29-23(28)15-18-9-6-8-17-7-4-5-10-19(17)18/h4-10,20-21H,11-16H2,1-3H3/t20?,21?,25-,26+/m1/s1. The number of carbonyl (C=O) groups excluding carboxylic acids is 2. The van der Waals surface area contributed by atoms with E-state index in [0.29, 0.717) is 19.3 Å². The van der Waals surface area contributed by atoms with Crippen molar-refractivity contribution < 1.29 is 24.1 Å². The smallest absolute Gasteiger partial charge is 0.310 e. The van der Waals surface area contributed by atoms with Crippen molar-refractivity contribution in [2.24, 2.45) is 10.8 Å². The molecule has 2 aromatic rings. The minimum atomic E-state index is -0.927. The molecule has 5 nitrogen and oxygen atoms in total. The van der Waals surface area contributed by atoms with Crippen molar-refractivity contribution in [2.45, 2.75) is 77.1 Å². The predicted octanol–water partition coefficient (Wildman–Crippen LogP) is 4.94. The maximum Gasteiger partial charge on any atom is 0.310 e. The summed E-state index contributed by atoms with van der Waals surface area (Å²) in [6, 6.07) is 14.0. The predicted molar refractivity (Wildman–Crippen MR) is 116 cm³/mol. The number of Topliss-reactive ketones (excluding diaryl/α,β-unsaturated/α-hetero) is 1. The molecule has 5 rings (SSSR count). The zero-order valence-electron chi connectivity index (χ0n) is 18.5. The highest BCUT2D eigenvalue weighted by atomic mass is 17.2. The molecule has 1 spiro atoms. The van der Waals surface area contributed by atoms with Crippen molar-refractivity contribution in [3.63, 3.8) is 0 Å².